The van der Waals surface area contributed by atoms with Gasteiger partial charge < -0.3 is 15.3 Å². The van der Waals surface area contributed by atoms with Crippen molar-refractivity contribution < 1.29 is 9.90 Å². The minimum absolute atomic E-state index is 0.0315. The second-order valence-electron chi connectivity index (χ2n) is 6.80. The van der Waals surface area contributed by atoms with E-state index in [2.05, 4.69) is 29.6 Å². The summed E-state index contributed by atoms with van der Waals surface area (Å²) in [5, 5.41) is 12.9. The molecule has 4 heteroatoms. The smallest absolute Gasteiger partial charge is 0.317 e. The van der Waals surface area contributed by atoms with Crippen LogP contribution in [0.25, 0.3) is 0 Å². The standard InChI is InChI=1S/C17H24N2O2/c1-17(21)7-8-19(12-17)16(20)18-11-13-9-15(10-13)14-5-3-2-4-6-14/h2-6,13,15,21H,7-12H2,1H3,(H,18,20). The maximum atomic E-state index is 12.0. The summed E-state index contributed by atoms with van der Waals surface area (Å²) < 4.78 is 0. The summed E-state index contributed by atoms with van der Waals surface area (Å²) in [4.78, 5) is 13.7. The Morgan fingerprint density at radius 3 is 2.71 bits per heavy atom. The first-order chi connectivity index (χ1) is 10.0. The molecule has 0 spiro atoms. The van der Waals surface area contributed by atoms with Crippen LogP contribution in [0.4, 0.5) is 4.79 Å². The van der Waals surface area contributed by atoms with Crippen molar-refractivity contribution >= 4 is 6.03 Å². The van der Waals surface area contributed by atoms with Crippen molar-refractivity contribution in [3.63, 3.8) is 0 Å². The third-order valence-electron chi connectivity index (χ3n) is 4.79. The van der Waals surface area contributed by atoms with Gasteiger partial charge in [-0.05, 0) is 43.6 Å². The number of rotatable bonds is 3. The Bertz CT molecular complexity index is 495. The highest BCUT2D eigenvalue weighted by Gasteiger charge is 2.35. The maximum Gasteiger partial charge on any atom is 0.317 e. The highest BCUT2D eigenvalue weighted by molar-refractivity contribution is 5.74. The summed E-state index contributed by atoms with van der Waals surface area (Å²) in [5.74, 6) is 1.24. The first-order valence-corrected chi connectivity index (χ1v) is 7.84. The van der Waals surface area contributed by atoms with Crippen molar-refractivity contribution in [3.8, 4) is 0 Å². The minimum atomic E-state index is -0.716. The molecule has 2 amide bonds. The summed E-state index contributed by atoms with van der Waals surface area (Å²) >= 11 is 0. The zero-order valence-electron chi connectivity index (χ0n) is 12.6. The Morgan fingerprint density at radius 2 is 2.10 bits per heavy atom. The summed E-state index contributed by atoms with van der Waals surface area (Å²) in [5.41, 5.74) is 0.697. The van der Waals surface area contributed by atoms with Crippen LogP contribution in [0.5, 0.6) is 0 Å². The van der Waals surface area contributed by atoms with E-state index in [0.717, 1.165) is 19.4 Å². The van der Waals surface area contributed by atoms with Gasteiger partial charge in [-0.2, -0.15) is 0 Å². The lowest BCUT2D eigenvalue weighted by atomic mass is 9.71. The molecule has 4 nitrogen and oxygen atoms in total. The average Bonchev–Trinajstić information content (AvgIpc) is 2.78. The topological polar surface area (TPSA) is 52.6 Å². The van der Waals surface area contributed by atoms with Gasteiger partial charge in [0.05, 0.1) is 12.1 Å². The van der Waals surface area contributed by atoms with Crippen molar-refractivity contribution in [1.29, 1.82) is 0 Å². The Hall–Kier alpha value is -1.55. The molecule has 2 N–H and O–H groups in total. The van der Waals surface area contributed by atoms with Gasteiger partial charge in [-0.1, -0.05) is 30.3 Å². The molecule has 1 atom stereocenters. The van der Waals surface area contributed by atoms with Crippen LogP contribution in [-0.2, 0) is 0 Å². The van der Waals surface area contributed by atoms with Crippen LogP contribution in [0.3, 0.4) is 0 Å². The molecule has 1 saturated carbocycles. The fraction of sp³-hybridized carbons (Fsp3) is 0.588. The third-order valence-corrected chi connectivity index (χ3v) is 4.79. The van der Waals surface area contributed by atoms with Crippen LogP contribution in [0.2, 0.25) is 0 Å². The maximum absolute atomic E-state index is 12.0. The number of nitrogens with one attached hydrogen (secondary N) is 1. The summed E-state index contributed by atoms with van der Waals surface area (Å²) in [6.07, 6.45) is 2.98. The number of urea groups is 1. The van der Waals surface area contributed by atoms with Crippen molar-refractivity contribution in [2.75, 3.05) is 19.6 Å². The first kappa shape index (κ1) is 14.4. The molecule has 1 aliphatic carbocycles. The molecule has 1 aliphatic heterocycles. The van der Waals surface area contributed by atoms with Gasteiger partial charge in [0.15, 0.2) is 0 Å². The zero-order chi connectivity index (χ0) is 14.9. The number of nitrogens with zero attached hydrogens (tertiary/aromatic N) is 1. The Morgan fingerprint density at radius 1 is 1.38 bits per heavy atom. The number of hydrogen-bond donors (Lipinski definition) is 2. The Kier molecular flexibility index (Phi) is 3.89. The molecular formula is C17H24N2O2. The molecule has 1 aromatic rings. The molecule has 1 aromatic carbocycles. The molecule has 0 aromatic heterocycles. The van der Waals surface area contributed by atoms with E-state index >= 15 is 0 Å². The van der Waals surface area contributed by atoms with E-state index in [-0.39, 0.29) is 6.03 Å². The highest BCUT2D eigenvalue weighted by atomic mass is 16.3. The third kappa shape index (κ3) is 3.38. The number of benzene rings is 1. The number of likely N-dealkylation sites (tertiary alicyclic amines) is 1. The van der Waals surface area contributed by atoms with E-state index in [9.17, 15) is 9.90 Å². The van der Waals surface area contributed by atoms with Crippen molar-refractivity contribution in [3.05, 3.63) is 35.9 Å². The van der Waals surface area contributed by atoms with Crippen molar-refractivity contribution in [1.82, 2.24) is 10.2 Å². The highest BCUT2D eigenvalue weighted by Crippen LogP contribution is 2.41. The van der Waals surface area contributed by atoms with Crippen molar-refractivity contribution in [2.45, 2.75) is 37.7 Å². The van der Waals surface area contributed by atoms with E-state index in [4.69, 9.17) is 0 Å². The van der Waals surface area contributed by atoms with Crippen LogP contribution in [-0.4, -0.2) is 41.3 Å². The van der Waals surface area contributed by atoms with Crippen LogP contribution < -0.4 is 5.32 Å². The molecular weight excluding hydrogens is 264 g/mol. The second kappa shape index (κ2) is 5.68. The molecule has 3 rings (SSSR count). The van der Waals surface area contributed by atoms with E-state index in [1.165, 1.54) is 5.56 Å². The molecule has 2 aliphatic rings. The number of carbonyl (C=O) groups excluding carboxylic acids is 1. The SMILES string of the molecule is CC1(O)CCN(C(=O)NCC2CC(c3ccccc3)C2)C1. The number of hydrogen-bond acceptors (Lipinski definition) is 2. The summed E-state index contributed by atoms with van der Waals surface area (Å²) in [6, 6.07) is 10.6. The monoisotopic (exact) mass is 288 g/mol. The van der Waals surface area contributed by atoms with Gasteiger partial charge in [0.1, 0.15) is 0 Å². The molecule has 1 saturated heterocycles. The molecule has 0 bridgehead atoms. The molecule has 1 heterocycles. The van der Waals surface area contributed by atoms with Crippen LogP contribution >= 0.6 is 0 Å². The Balaban J connectivity index is 1.39. The van der Waals surface area contributed by atoms with E-state index < -0.39 is 5.60 Å². The second-order valence-corrected chi connectivity index (χ2v) is 6.80. The van der Waals surface area contributed by atoms with Crippen molar-refractivity contribution in [2.24, 2.45) is 5.92 Å². The number of amides is 2. The minimum Gasteiger partial charge on any atom is -0.388 e. The predicted octanol–water partition coefficient (Wildman–Crippen LogP) is 2.35. The van der Waals surface area contributed by atoms with Crippen LogP contribution in [0.15, 0.2) is 30.3 Å². The average molecular weight is 288 g/mol. The van der Waals surface area contributed by atoms with E-state index in [0.29, 0.717) is 31.3 Å². The molecule has 21 heavy (non-hydrogen) atoms. The normalized spacial score (nSPS) is 31.8. The van der Waals surface area contributed by atoms with Gasteiger partial charge in [0, 0.05) is 13.1 Å². The lowest BCUT2D eigenvalue weighted by Crippen LogP contribution is -2.43. The fourth-order valence-corrected chi connectivity index (χ4v) is 3.36. The van der Waals surface area contributed by atoms with E-state index in [1.54, 1.807) is 11.8 Å². The summed E-state index contributed by atoms with van der Waals surface area (Å²) in [6.45, 7) is 3.63. The lowest BCUT2D eigenvalue weighted by molar-refractivity contribution is 0.0717. The zero-order valence-corrected chi connectivity index (χ0v) is 12.6. The first-order valence-electron chi connectivity index (χ1n) is 7.84. The quantitative estimate of drug-likeness (QED) is 0.897. The fourth-order valence-electron chi connectivity index (χ4n) is 3.36. The lowest BCUT2D eigenvalue weighted by Gasteiger charge is -2.36. The van der Waals surface area contributed by atoms with Gasteiger partial charge in [-0.15, -0.1) is 0 Å². The summed E-state index contributed by atoms with van der Waals surface area (Å²) in [7, 11) is 0. The molecule has 2 fully saturated rings. The molecule has 114 valence electrons. The number of carbonyl (C=O) groups is 1. The van der Waals surface area contributed by atoms with Gasteiger partial charge >= 0.3 is 6.03 Å². The number of aliphatic hydroxyl groups is 1. The number of β-amino-alcohol motifs (C(OH)–C–C–N with tert-alkyl or cyclic N) is 1. The van der Waals surface area contributed by atoms with Gasteiger partial charge in [-0.3, -0.25) is 0 Å². The van der Waals surface area contributed by atoms with Gasteiger partial charge in [0.25, 0.3) is 0 Å². The molecule has 1 unspecified atom stereocenters. The van der Waals surface area contributed by atoms with Crippen LogP contribution in [0.1, 0.15) is 37.7 Å². The molecule has 0 radical (unpaired) electrons. The Labute approximate surface area is 126 Å². The van der Waals surface area contributed by atoms with Gasteiger partial charge in [0.2, 0.25) is 0 Å². The van der Waals surface area contributed by atoms with Gasteiger partial charge in [-0.25, -0.2) is 4.79 Å². The predicted molar refractivity (Wildman–Crippen MR) is 82.1 cm³/mol. The van der Waals surface area contributed by atoms with Crippen LogP contribution in [0, 0.1) is 5.92 Å². The largest absolute Gasteiger partial charge is 0.388 e. The van der Waals surface area contributed by atoms with E-state index in [1.807, 2.05) is 6.07 Å².